The van der Waals surface area contributed by atoms with Gasteiger partial charge in [0, 0.05) is 32.1 Å². The molecular weight excluding hydrogens is 328 g/mol. The number of nitrogens with one attached hydrogen (secondary N) is 1. The molecule has 2 aliphatic heterocycles. The van der Waals surface area contributed by atoms with Crippen LogP contribution in [0.3, 0.4) is 0 Å². The zero-order valence-electron chi connectivity index (χ0n) is 15.7. The summed E-state index contributed by atoms with van der Waals surface area (Å²) >= 11 is 0. The molecule has 1 amide bonds. The van der Waals surface area contributed by atoms with Crippen LogP contribution in [0.1, 0.15) is 44.1 Å². The number of methoxy groups -OCH3 is 1. The minimum Gasteiger partial charge on any atom is -0.497 e. The van der Waals surface area contributed by atoms with Gasteiger partial charge >= 0.3 is 0 Å². The molecule has 0 radical (unpaired) electrons. The fraction of sp³-hybridized carbons (Fsp3) is 0.667. The Morgan fingerprint density at radius 1 is 1.27 bits per heavy atom. The van der Waals surface area contributed by atoms with Crippen molar-refractivity contribution in [2.45, 2.75) is 56.8 Å². The summed E-state index contributed by atoms with van der Waals surface area (Å²) in [4.78, 5) is 14.4. The lowest BCUT2D eigenvalue weighted by atomic mass is 9.90. The molecule has 5 nitrogen and oxygen atoms in total. The van der Waals surface area contributed by atoms with Gasteiger partial charge in [-0.15, -0.1) is 0 Å². The quantitative estimate of drug-likeness (QED) is 0.850. The average Bonchev–Trinajstić information content (AvgIpc) is 3.45. The first-order valence-electron chi connectivity index (χ1n) is 9.97. The van der Waals surface area contributed by atoms with E-state index in [0.717, 1.165) is 57.5 Å². The van der Waals surface area contributed by atoms with Gasteiger partial charge in [-0.2, -0.15) is 0 Å². The summed E-state index contributed by atoms with van der Waals surface area (Å²) < 4.78 is 11.7. The second kappa shape index (κ2) is 7.57. The molecular formula is C21H30N2O3. The molecule has 2 heterocycles. The maximum absolute atomic E-state index is 11.9. The third-order valence-corrected chi connectivity index (χ3v) is 5.99. The lowest BCUT2D eigenvalue weighted by molar-refractivity contribution is -0.131. The molecule has 1 N–H and O–H groups in total. The zero-order valence-corrected chi connectivity index (χ0v) is 15.7. The summed E-state index contributed by atoms with van der Waals surface area (Å²) in [5.74, 6) is 1.40. The minimum absolute atomic E-state index is 0.0142. The third-order valence-electron chi connectivity index (χ3n) is 5.99. The molecule has 2 saturated heterocycles. The van der Waals surface area contributed by atoms with Crippen molar-refractivity contribution in [1.82, 2.24) is 10.2 Å². The van der Waals surface area contributed by atoms with E-state index in [2.05, 4.69) is 22.3 Å². The SMILES string of the molecule is COc1ccc(CN2CC[C@]3(CCC[C@@H](CNC(=O)C4CC4)O3)C2)cc1. The number of hydrogen-bond donors (Lipinski definition) is 1. The van der Waals surface area contributed by atoms with Crippen LogP contribution in [-0.4, -0.2) is 49.3 Å². The summed E-state index contributed by atoms with van der Waals surface area (Å²) in [6, 6.07) is 8.33. The van der Waals surface area contributed by atoms with Crippen LogP contribution in [-0.2, 0) is 16.1 Å². The average molecular weight is 358 g/mol. The molecule has 0 aromatic heterocycles. The Morgan fingerprint density at radius 3 is 2.81 bits per heavy atom. The molecule has 5 heteroatoms. The highest BCUT2D eigenvalue weighted by Gasteiger charge is 2.43. The molecule has 0 unspecified atom stereocenters. The number of amides is 1. The number of ether oxygens (including phenoxy) is 2. The van der Waals surface area contributed by atoms with E-state index in [-0.39, 0.29) is 23.5 Å². The Bertz CT molecular complexity index is 629. The molecule has 3 fully saturated rings. The van der Waals surface area contributed by atoms with Crippen LogP contribution in [0.2, 0.25) is 0 Å². The van der Waals surface area contributed by atoms with Gasteiger partial charge in [0.2, 0.25) is 5.91 Å². The van der Waals surface area contributed by atoms with Crippen molar-refractivity contribution in [1.29, 1.82) is 0 Å². The molecule has 1 aliphatic carbocycles. The summed E-state index contributed by atoms with van der Waals surface area (Å²) in [6.45, 7) is 3.70. The van der Waals surface area contributed by atoms with Gasteiger partial charge < -0.3 is 14.8 Å². The summed E-state index contributed by atoms with van der Waals surface area (Å²) in [7, 11) is 1.70. The Morgan fingerprint density at radius 2 is 2.08 bits per heavy atom. The molecule has 1 saturated carbocycles. The molecule has 1 spiro atoms. The highest BCUT2D eigenvalue weighted by atomic mass is 16.5. The summed E-state index contributed by atoms with van der Waals surface area (Å²) in [5.41, 5.74) is 1.30. The predicted molar refractivity (Wildman–Crippen MR) is 100 cm³/mol. The van der Waals surface area contributed by atoms with Gasteiger partial charge in [-0.1, -0.05) is 12.1 Å². The Hall–Kier alpha value is -1.59. The normalized spacial score (nSPS) is 29.0. The number of nitrogens with zero attached hydrogens (tertiary/aromatic N) is 1. The van der Waals surface area contributed by atoms with Gasteiger partial charge in [0.05, 0.1) is 18.8 Å². The lowest BCUT2D eigenvalue weighted by Crippen LogP contribution is -2.47. The van der Waals surface area contributed by atoms with Crippen LogP contribution in [0.4, 0.5) is 0 Å². The fourth-order valence-electron chi connectivity index (χ4n) is 4.32. The molecule has 0 bridgehead atoms. The van der Waals surface area contributed by atoms with Gasteiger partial charge in [-0.3, -0.25) is 9.69 Å². The summed E-state index contributed by atoms with van der Waals surface area (Å²) in [6.07, 6.45) is 6.77. The second-order valence-electron chi connectivity index (χ2n) is 8.14. The fourth-order valence-corrected chi connectivity index (χ4v) is 4.32. The van der Waals surface area contributed by atoms with Crippen molar-refractivity contribution in [3.05, 3.63) is 29.8 Å². The maximum atomic E-state index is 11.9. The Labute approximate surface area is 156 Å². The van der Waals surface area contributed by atoms with Crippen LogP contribution in [0.5, 0.6) is 5.75 Å². The number of carbonyl (C=O) groups is 1. The maximum Gasteiger partial charge on any atom is 0.223 e. The number of likely N-dealkylation sites (tertiary alicyclic amines) is 1. The van der Waals surface area contributed by atoms with Gasteiger partial charge in [0.15, 0.2) is 0 Å². The Balaban J connectivity index is 1.28. The monoisotopic (exact) mass is 358 g/mol. The number of hydrogen-bond acceptors (Lipinski definition) is 4. The molecule has 26 heavy (non-hydrogen) atoms. The van der Waals surface area contributed by atoms with E-state index >= 15 is 0 Å². The first-order valence-corrected chi connectivity index (χ1v) is 9.97. The van der Waals surface area contributed by atoms with Crippen molar-refractivity contribution >= 4 is 5.91 Å². The minimum atomic E-state index is -0.0142. The van der Waals surface area contributed by atoms with E-state index in [9.17, 15) is 4.79 Å². The first kappa shape index (κ1) is 17.8. The number of benzene rings is 1. The molecule has 4 rings (SSSR count). The van der Waals surface area contributed by atoms with Gasteiger partial charge in [-0.25, -0.2) is 0 Å². The smallest absolute Gasteiger partial charge is 0.223 e. The molecule has 1 aromatic rings. The molecule has 2 atom stereocenters. The standard InChI is InChI=1S/C21H30N2O3/c1-25-18-8-4-16(5-9-18)14-23-12-11-21(15-23)10-2-3-19(26-21)13-22-20(24)17-6-7-17/h4-5,8-9,17,19H,2-3,6-7,10-15H2,1H3,(H,22,24)/t19-,21+/m0/s1. The van der Waals surface area contributed by atoms with Crippen LogP contribution in [0.15, 0.2) is 24.3 Å². The van der Waals surface area contributed by atoms with E-state index in [0.29, 0.717) is 6.54 Å². The van der Waals surface area contributed by atoms with Crippen LogP contribution >= 0.6 is 0 Å². The van der Waals surface area contributed by atoms with Crippen molar-refractivity contribution in [3.8, 4) is 5.75 Å². The van der Waals surface area contributed by atoms with E-state index in [4.69, 9.17) is 9.47 Å². The number of rotatable bonds is 6. The summed E-state index contributed by atoms with van der Waals surface area (Å²) in [5, 5.41) is 3.09. The lowest BCUT2D eigenvalue weighted by Gasteiger charge is -2.39. The van der Waals surface area contributed by atoms with Crippen molar-refractivity contribution in [3.63, 3.8) is 0 Å². The zero-order chi connectivity index (χ0) is 18.0. The highest BCUT2D eigenvalue weighted by molar-refractivity contribution is 5.80. The molecule has 1 aromatic carbocycles. The largest absolute Gasteiger partial charge is 0.497 e. The Kier molecular flexibility index (Phi) is 5.18. The van der Waals surface area contributed by atoms with E-state index in [1.165, 1.54) is 12.0 Å². The van der Waals surface area contributed by atoms with Gasteiger partial charge in [0.25, 0.3) is 0 Å². The van der Waals surface area contributed by atoms with Crippen LogP contribution in [0, 0.1) is 5.92 Å². The van der Waals surface area contributed by atoms with Crippen molar-refractivity contribution in [2.24, 2.45) is 5.92 Å². The van der Waals surface area contributed by atoms with Gasteiger partial charge in [-0.05, 0) is 56.2 Å². The van der Waals surface area contributed by atoms with E-state index in [1.807, 2.05) is 12.1 Å². The third kappa shape index (κ3) is 4.21. The van der Waals surface area contributed by atoms with E-state index < -0.39 is 0 Å². The first-order chi connectivity index (χ1) is 12.7. The number of carbonyl (C=O) groups excluding carboxylic acids is 1. The second-order valence-corrected chi connectivity index (χ2v) is 8.14. The van der Waals surface area contributed by atoms with Crippen molar-refractivity contribution < 1.29 is 14.3 Å². The van der Waals surface area contributed by atoms with Crippen LogP contribution < -0.4 is 10.1 Å². The molecule has 142 valence electrons. The highest BCUT2D eigenvalue weighted by Crippen LogP contribution is 2.37. The predicted octanol–water partition coefficient (Wildman–Crippen LogP) is 2.74. The van der Waals surface area contributed by atoms with Gasteiger partial charge in [0.1, 0.15) is 5.75 Å². The van der Waals surface area contributed by atoms with Crippen molar-refractivity contribution in [2.75, 3.05) is 26.7 Å². The molecule has 3 aliphatic rings. The topological polar surface area (TPSA) is 50.8 Å². The van der Waals surface area contributed by atoms with E-state index in [1.54, 1.807) is 7.11 Å². The van der Waals surface area contributed by atoms with Crippen LogP contribution in [0.25, 0.3) is 0 Å².